The predicted octanol–water partition coefficient (Wildman–Crippen LogP) is 4.68. The van der Waals surface area contributed by atoms with Gasteiger partial charge >= 0.3 is 6.61 Å². The maximum atomic E-state index is 14.6. The van der Waals surface area contributed by atoms with Crippen LogP contribution >= 0.6 is 23.2 Å². The SMILES string of the molecule is CCNC1CN(/C(=N\C#N)Nc2cccc(OC(F)F)c2F)N=C1c1ccc(Cl)c(Cl)c1. The Balaban J connectivity index is 1.93. The Morgan fingerprint density at radius 1 is 1.34 bits per heavy atom. The Morgan fingerprint density at radius 3 is 2.78 bits per heavy atom. The van der Waals surface area contributed by atoms with E-state index in [0.29, 0.717) is 27.9 Å². The summed E-state index contributed by atoms with van der Waals surface area (Å²) in [6, 6.07) is 8.47. The first-order valence-electron chi connectivity index (χ1n) is 9.36. The van der Waals surface area contributed by atoms with Crippen molar-refractivity contribution in [3.8, 4) is 11.9 Å². The van der Waals surface area contributed by atoms with Crippen LogP contribution in [0.3, 0.4) is 0 Å². The van der Waals surface area contributed by atoms with Crippen molar-refractivity contribution in [1.82, 2.24) is 10.3 Å². The molecule has 2 aromatic carbocycles. The van der Waals surface area contributed by atoms with Crippen molar-refractivity contribution in [2.45, 2.75) is 19.6 Å². The van der Waals surface area contributed by atoms with E-state index in [-0.39, 0.29) is 24.2 Å². The summed E-state index contributed by atoms with van der Waals surface area (Å²) < 4.78 is 43.8. The molecule has 0 spiro atoms. The van der Waals surface area contributed by atoms with Gasteiger partial charge in [-0.3, -0.25) is 0 Å². The maximum Gasteiger partial charge on any atom is 0.387 e. The van der Waals surface area contributed by atoms with Crippen LogP contribution in [0.15, 0.2) is 46.5 Å². The molecule has 0 amide bonds. The Hall–Kier alpha value is -3.00. The number of hydrogen-bond acceptors (Lipinski definition) is 5. The molecule has 1 atom stereocenters. The molecule has 0 bridgehead atoms. The van der Waals surface area contributed by atoms with Crippen LogP contribution in [0, 0.1) is 17.3 Å². The number of aliphatic imine (C=N–C) groups is 1. The number of nitriles is 1. The normalized spacial score (nSPS) is 16.2. The van der Waals surface area contributed by atoms with Gasteiger partial charge in [0.25, 0.3) is 0 Å². The molecule has 0 fully saturated rings. The Labute approximate surface area is 192 Å². The van der Waals surface area contributed by atoms with E-state index in [1.165, 1.54) is 17.1 Å². The molecule has 0 aromatic heterocycles. The Kier molecular flexibility index (Phi) is 7.80. The summed E-state index contributed by atoms with van der Waals surface area (Å²) in [4.78, 5) is 3.69. The lowest BCUT2D eigenvalue weighted by molar-refractivity contribution is -0.0521. The number of hydrogen-bond donors (Lipinski definition) is 2. The fourth-order valence-electron chi connectivity index (χ4n) is 3.07. The van der Waals surface area contributed by atoms with Gasteiger partial charge in [0, 0.05) is 5.56 Å². The first kappa shape index (κ1) is 23.7. The highest BCUT2D eigenvalue weighted by Crippen LogP contribution is 2.28. The molecule has 1 aliphatic rings. The summed E-state index contributed by atoms with van der Waals surface area (Å²) >= 11 is 12.1. The molecule has 3 rings (SSSR count). The molecule has 0 saturated heterocycles. The fraction of sp³-hybridized carbons (Fsp3) is 0.250. The summed E-state index contributed by atoms with van der Waals surface area (Å²) in [5.41, 5.74) is 1.09. The fourth-order valence-corrected chi connectivity index (χ4v) is 3.37. The predicted molar refractivity (Wildman–Crippen MR) is 117 cm³/mol. The summed E-state index contributed by atoms with van der Waals surface area (Å²) in [6.07, 6.45) is 1.63. The lowest BCUT2D eigenvalue weighted by Crippen LogP contribution is -2.41. The zero-order chi connectivity index (χ0) is 23.3. The molecule has 2 aromatic rings. The summed E-state index contributed by atoms with van der Waals surface area (Å²) in [6.45, 7) is -0.392. The van der Waals surface area contributed by atoms with Crippen LogP contribution in [0.5, 0.6) is 5.75 Å². The van der Waals surface area contributed by atoms with Gasteiger partial charge in [-0.1, -0.05) is 42.3 Å². The van der Waals surface area contributed by atoms with Crippen LogP contribution < -0.4 is 15.4 Å². The summed E-state index contributed by atoms with van der Waals surface area (Å²) in [5.74, 6) is -1.80. The van der Waals surface area contributed by atoms with Gasteiger partial charge in [0.1, 0.15) is 0 Å². The van der Waals surface area contributed by atoms with Crippen molar-refractivity contribution in [3.05, 3.63) is 57.8 Å². The van der Waals surface area contributed by atoms with Crippen LogP contribution in [-0.2, 0) is 0 Å². The zero-order valence-electron chi connectivity index (χ0n) is 16.6. The molecular weight excluding hydrogens is 468 g/mol. The third-order valence-corrected chi connectivity index (χ3v) is 5.15. The lowest BCUT2D eigenvalue weighted by atomic mass is 10.0. The minimum absolute atomic E-state index is 0.0986. The van der Waals surface area contributed by atoms with Crippen molar-refractivity contribution in [2.24, 2.45) is 10.1 Å². The number of benzene rings is 2. The first-order valence-corrected chi connectivity index (χ1v) is 10.1. The lowest BCUT2D eigenvalue weighted by Gasteiger charge is -2.19. The number of guanidine groups is 1. The third-order valence-electron chi connectivity index (χ3n) is 4.41. The van der Waals surface area contributed by atoms with Gasteiger partial charge in [-0.25, -0.2) is 9.40 Å². The number of rotatable bonds is 6. The highest BCUT2D eigenvalue weighted by atomic mass is 35.5. The first-order chi connectivity index (χ1) is 15.3. The molecule has 12 heteroatoms. The molecule has 0 saturated carbocycles. The van der Waals surface area contributed by atoms with Gasteiger partial charge in [0.2, 0.25) is 12.2 Å². The number of ether oxygens (including phenoxy) is 1. The number of alkyl halides is 2. The van der Waals surface area contributed by atoms with Crippen LogP contribution in [0.2, 0.25) is 10.0 Å². The van der Waals surface area contributed by atoms with E-state index in [1.54, 1.807) is 24.4 Å². The minimum atomic E-state index is -3.19. The highest BCUT2D eigenvalue weighted by Gasteiger charge is 2.30. The number of nitrogens with zero attached hydrogens (tertiary/aromatic N) is 4. The van der Waals surface area contributed by atoms with Crippen molar-refractivity contribution < 1.29 is 17.9 Å². The number of anilines is 1. The van der Waals surface area contributed by atoms with Crippen LogP contribution in [0.25, 0.3) is 0 Å². The second-order valence-electron chi connectivity index (χ2n) is 6.46. The quantitative estimate of drug-likeness (QED) is 0.353. The van der Waals surface area contributed by atoms with E-state index in [1.807, 2.05) is 6.92 Å². The topological polar surface area (TPSA) is 85.0 Å². The van der Waals surface area contributed by atoms with Gasteiger partial charge in [-0.2, -0.15) is 19.1 Å². The molecule has 7 nitrogen and oxygen atoms in total. The average molecular weight is 485 g/mol. The maximum absolute atomic E-state index is 14.6. The number of likely N-dealkylation sites (N-methyl/N-ethyl adjacent to an activating group) is 1. The Bertz CT molecular complexity index is 1090. The molecule has 1 aliphatic heterocycles. The van der Waals surface area contributed by atoms with Crippen molar-refractivity contribution >= 4 is 40.6 Å². The van der Waals surface area contributed by atoms with Gasteiger partial charge in [0.15, 0.2) is 11.6 Å². The number of nitrogens with one attached hydrogen (secondary N) is 2. The minimum Gasteiger partial charge on any atom is -0.432 e. The van der Waals surface area contributed by atoms with Crippen LogP contribution in [-0.4, -0.2) is 42.4 Å². The largest absolute Gasteiger partial charge is 0.432 e. The molecule has 32 heavy (non-hydrogen) atoms. The van der Waals surface area contributed by atoms with Gasteiger partial charge < -0.3 is 15.4 Å². The molecule has 1 unspecified atom stereocenters. The van der Waals surface area contributed by atoms with Gasteiger partial charge in [-0.15, -0.1) is 4.99 Å². The smallest absolute Gasteiger partial charge is 0.387 e. The van der Waals surface area contributed by atoms with E-state index in [9.17, 15) is 13.2 Å². The standard InChI is InChI=1S/C20H17Cl2F3N6O/c1-2-27-15-9-31(30-18(15)11-6-7-12(21)13(22)8-11)20(28-10-26)29-14-4-3-5-16(17(14)23)32-19(24)25/h3-8,15,19,27H,2,9H2,1H3,(H,28,29). The molecule has 1 heterocycles. The molecule has 2 N–H and O–H groups in total. The second-order valence-corrected chi connectivity index (χ2v) is 7.28. The molecular formula is C20H17Cl2F3N6O. The van der Waals surface area contributed by atoms with E-state index in [2.05, 4.69) is 25.5 Å². The van der Waals surface area contributed by atoms with Crippen molar-refractivity contribution in [2.75, 3.05) is 18.4 Å². The highest BCUT2D eigenvalue weighted by molar-refractivity contribution is 6.42. The third kappa shape index (κ3) is 5.43. The summed E-state index contributed by atoms with van der Waals surface area (Å²) in [7, 11) is 0. The monoisotopic (exact) mass is 484 g/mol. The van der Waals surface area contributed by atoms with Gasteiger partial charge in [-0.05, 0) is 30.8 Å². The average Bonchev–Trinajstić information content (AvgIpc) is 3.16. The van der Waals surface area contributed by atoms with E-state index >= 15 is 0 Å². The molecule has 0 aliphatic carbocycles. The molecule has 0 radical (unpaired) electrons. The number of halogens is 5. The zero-order valence-corrected chi connectivity index (χ0v) is 18.1. The van der Waals surface area contributed by atoms with Crippen LogP contribution in [0.4, 0.5) is 18.9 Å². The van der Waals surface area contributed by atoms with Crippen molar-refractivity contribution in [1.29, 1.82) is 5.26 Å². The van der Waals surface area contributed by atoms with E-state index in [4.69, 9.17) is 28.5 Å². The second kappa shape index (κ2) is 10.5. The molecule has 168 valence electrons. The Morgan fingerprint density at radius 2 is 2.12 bits per heavy atom. The van der Waals surface area contributed by atoms with Crippen LogP contribution in [0.1, 0.15) is 12.5 Å². The van der Waals surface area contributed by atoms with Gasteiger partial charge in [0.05, 0.1) is 34.0 Å². The summed E-state index contributed by atoms with van der Waals surface area (Å²) in [5, 5.41) is 21.6. The number of hydrazone groups is 1. The van der Waals surface area contributed by atoms with E-state index in [0.717, 1.165) is 6.07 Å². The van der Waals surface area contributed by atoms with E-state index < -0.39 is 18.2 Å². The van der Waals surface area contributed by atoms with Crippen molar-refractivity contribution in [3.63, 3.8) is 0 Å².